The first-order chi connectivity index (χ1) is 7.84. The van der Waals surface area contributed by atoms with Gasteiger partial charge in [0.05, 0.1) is 30.6 Å². The Bertz CT molecular complexity index is 527. The quantitative estimate of drug-likeness (QED) is 0.698. The van der Waals surface area contributed by atoms with Crippen LogP contribution in [0.1, 0.15) is 5.56 Å². The number of nitrogens with one attached hydrogen (secondary N) is 1. The van der Waals surface area contributed by atoms with E-state index in [1.54, 1.807) is 0 Å². The van der Waals surface area contributed by atoms with Crippen molar-refractivity contribution in [3.05, 3.63) is 36.0 Å². The third kappa shape index (κ3) is 1.52. The predicted molar refractivity (Wildman–Crippen MR) is 63.0 cm³/mol. The van der Waals surface area contributed by atoms with Crippen molar-refractivity contribution in [3.63, 3.8) is 0 Å². The predicted octanol–water partition coefficient (Wildman–Crippen LogP) is 1.46. The number of pyridine rings is 1. The summed E-state index contributed by atoms with van der Waals surface area (Å²) in [7, 11) is 0. The van der Waals surface area contributed by atoms with E-state index in [9.17, 15) is 0 Å². The lowest BCUT2D eigenvalue weighted by molar-refractivity contribution is 0.118. The highest BCUT2D eigenvalue weighted by Crippen LogP contribution is 2.27. The van der Waals surface area contributed by atoms with E-state index in [2.05, 4.69) is 10.3 Å². The number of fused-ring (bicyclic) bond motifs is 3. The van der Waals surface area contributed by atoms with E-state index in [1.165, 1.54) is 0 Å². The van der Waals surface area contributed by atoms with E-state index in [-0.39, 0.29) is 6.17 Å². The van der Waals surface area contributed by atoms with Crippen molar-refractivity contribution in [3.8, 4) is 0 Å². The van der Waals surface area contributed by atoms with Crippen LogP contribution in [0.5, 0.6) is 0 Å². The summed E-state index contributed by atoms with van der Waals surface area (Å²) in [6.07, 6.45) is 1.69. The number of hydrogen-bond acceptors (Lipinski definition) is 4. The average Bonchev–Trinajstić information content (AvgIpc) is 2.50. The van der Waals surface area contributed by atoms with Gasteiger partial charge in [0.15, 0.2) is 0 Å². The fraction of sp³-hybridized carbons (Fsp3) is 0.250. The van der Waals surface area contributed by atoms with E-state index in [1.807, 2.05) is 30.5 Å². The van der Waals surface area contributed by atoms with Crippen LogP contribution in [0.4, 0.5) is 5.69 Å². The Morgan fingerprint density at radius 2 is 2.25 bits per heavy atom. The number of benzene rings is 1. The first-order valence-corrected chi connectivity index (χ1v) is 5.31. The molecule has 0 fully saturated rings. The van der Waals surface area contributed by atoms with Gasteiger partial charge in [-0.3, -0.25) is 4.98 Å². The molecule has 4 heteroatoms. The molecule has 3 N–H and O–H groups in total. The molecule has 2 heterocycles. The molecular formula is C12H13N3O. The van der Waals surface area contributed by atoms with Crippen LogP contribution in [-0.2, 0) is 11.3 Å². The fourth-order valence-electron chi connectivity index (χ4n) is 1.99. The molecule has 1 atom stereocenters. The zero-order chi connectivity index (χ0) is 11.0. The van der Waals surface area contributed by atoms with Crippen LogP contribution in [0, 0.1) is 0 Å². The first kappa shape index (κ1) is 9.57. The van der Waals surface area contributed by atoms with E-state index in [0.29, 0.717) is 13.2 Å². The topological polar surface area (TPSA) is 60.2 Å². The van der Waals surface area contributed by atoms with Gasteiger partial charge in [0, 0.05) is 17.1 Å². The molecule has 2 aromatic rings. The molecule has 1 aliphatic heterocycles. The van der Waals surface area contributed by atoms with Crippen LogP contribution >= 0.6 is 0 Å². The normalized spacial score (nSPS) is 19.9. The summed E-state index contributed by atoms with van der Waals surface area (Å²) >= 11 is 0. The van der Waals surface area contributed by atoms with Gasteiger partial charge in [-0.2, -0.15) is 0 Å². The van der Waals surface area contributed by atoms with Gasteiger partial charge in [-0.05, 0) is 6.07 Å². The van der Waals surface area contributed by atoms with Gasteiger partial charge in [-0.1, -0.05) is 18.2 Å². The smallest absolute Gasteiger partial charge is 0.0983 e. The number of ether oxygens (including phenoxy) is 1. The van der Waals surface area contributed by atoms with Crippen LogP contribution in [0.25, 0.3) is 10.9 Å². The number of nitrogens with two attached hydrogens (primary N) is 1. The molecule has 0 spiro atoms. The average molecular weight is 215 g/mol. The second kappa shape index (κ2) is 3.73. The van der Waals surface area contributed by atoms with Gasteiger partial charge in [0.25, 0.3) is 0 Å². The summed E-state index contributed by atoms with van der Waals surface area (Å²) in [4.78, 5) is 4.40. The van der Waals surface area contributed by atoms with Crippen molar-refractivity contribution in [1.29, 1.82) is 0 Å². The Morgan fingerprint density at radius 1 is 1.38 bits per heavy atom. The maximum atomic E-state index is 5.88. The summed E-state index contributed by atoms with van der Waals surface area (Å²) < 4.78 is 5.45. The fourth-order valence-corrected chi connectivity index (χ4v) is 1.99. The van der Waals surface area contributed by atoms with Crippen molar-refractivity contribution in [2.75, 3.05) is 11.9 Å². The number of rotatable bonds is 0. The van der Waals surface area contributed by atoms with Crippen LogP contribution in [0.3, 0.4) is 0 Å². The van der Waals surface area contributed by atoms with E-state index >= 15 is 0 Å². The Morgan fingerprint density at radius 3 is 3.19 bits per heavy atom. The second-order valence-corrected chi connectivity index (χ2v) is 3.94. The van der Waals surface area contributed by atoms with Crippen molar-refractivity contribution in [1.82, 2.24) is 4.98 Å². The minimum atomic E-state index is -0.160. The van der Waals surface area contributed by atoms with Gasteiger partial charge < -0.3 is 15.8 Å². The molecule has 0 saturated heterocycles. The highest BCUT2D eigenvalue weighted by atomic mass is 16.5. The van der Waals surface area contributed by atoms with Crippen molar-refractivity contribution >= 4 is 16.6 Å². The van der Waals surface area contributed by atoms with Gasteiger partial charge in [0.2, 0.25) is 0 Å². The molecule has 1 aromatic heterocycles. The van der Waals surface area contributed by atoms with Crippen LogP contribution < -0.4 is 11.1 Å². The summed E-state index contributed by atoms with van der Waals surface area (Å²) in [5.74, 6) is 0. The van der Waals surface area contributed by atoms with Gasteiger partial charge in [-0.25, -0.2) is 0 Å². The van der Waals surface area contributed by atoms with Crippen LogP contribution in [-0.4, -0.2) is 17.8 Å². The molecule has 1 aliphatic rings. The molecule has 0 saturated carbocycles. The molecule has 1 aromatic carbocycles. The third-order valence-electron chi connectivity index (χ3n) is 2.74. The highest BCUT2D eigenvalue weighted by Gasteiger charge is 2.15. The minimum Gasteiger partial charge on any atom is -0.373 e. The van der Waals surface area contributed by atoms with Crippen LogP contribution in [0.15, 0.2) is 30.5 Å². The minimum absolute atomic E-state index is 0.160. The Hall–Kier alpha value is -1.65. The zero-order valence-corrected chi connectivity index (χ0v) is 8.81. The summed E-state index contributed by atoms with van der Waals surface area (Å²) in [5.41, 5.74) is 8.97. The lowest BCUT2D eigenvalue weighted by Crippen LogP contribution is -2.33. The van der Waals surface area contributed by atoms with Crippen LogP contribution in [0.2, 0.25) is 0 Å². The Balaban J connectivity index is 2.23. The largest absolute Gasteiger partial charge is 0.373 e. The van der Waals surface area contributed by atoms with E-state index < -0.39 is 0 Å². The monoisotopic (exact) mass is 215 g/mol. The molecule has 4 nitrogen and oxygen atoms in total. The molecular weight excluding hydrogens is 202 g/mol. The summed E-state index contributed by atoms with van der Waals surface area (Å²) in [6, 6.07) is 8.03. The molecule has 1 unspecified atom stereocenters. The molecule has 82 valence electrons. The third-order valence-corrected chi connectivity index (χ3v) is 2.74. The number of aromatic nitrogens is 1. The van der Waals surface area contributed by atoms with E-state index in [0.717, 1.165) is 22.2 Å². The SMILES string of the molecule is NC1COCc2cnc3ccccc3c2N1. The van der Waals surface area contributed by atoms with E-state index in [4.69, 9.17) is 10.5 Å². The zero-order valence-electron chi connectivity index (χ0n) is 8.81. The Kier molecular flexibility index (Phi) is 2.23. The maximum Gasteiger partial charge on any atom is 0.0983 e. The van der Waals surface area contributed by atoms with Gasteiger partial charge >= 0.3 is 0 Å². The molecule has 0 aliphatic carbocycles. The van der Waals surface area contributed by atoms with Gasteiger partial charge in [-0.15, -0.1) is 0 Å². The number of para-hydroxylation sites is 1. The lowest BCUT2D eigenvalue weighted by atomic mass is 10.1. The molecule has 0 bridgehead atoms. The van der Waals surface area contributed by atoms with Gasteiger partial charge in [0.1, 0.15) is 0 Å². The van der Waals surface area contributed by atoms with Crippen molar-refractivity contribution < 1.29 is 4.74 Å². The first-order valence-electron chi connectivity index (χ1n) is 5.31. The Labute approximate surface area is 93.4 Å². The summed E-state index contributed by atoms with van der Waals surface area (Å²) in [5, 5.41) is 4.38. The lowest BCUT2D eigenvalue weighted by Gasteiger charge is -2.13. The maximum absolute atomic E-state index is 5.88. The summed E-state index contributed by atoms with van der Waals surface area (Å²) in [6.45, 7) is 1.08. The second-order valence-electron chi connectivity index (χ2n) is 3.94. The van der Waals surface area contributed by atoms with Crippen molar-refractivity contribution in [2.24, 2.45) is 5.73 Å². The number of hydrogen-bond donors (Lipinski definition) is 2. The molecule has 0 radical (unpaired) electrons. The molecule has 3 rings (SSSR count). The number of nitrogens with zero attached hydrogens (tertiary/aromatic N) is 1. The standard InChI is InChI=1S/C12H13N3O/c13-11-7-16-6-8-5-14-10-4-2-1-3-9(10)12(8)15-11/h1-5,11,15H,6-7,13H2. The molecule has 16 heavy (non-hydrogen) atoms. The van der Waals surface area contributed by atoms with Crippen molar-refractivity contribution in [2.45, 2.75) is 12.8 Å². The number of anilines is 1. The highest BCUT2D eigenvalue weighted by molar-refractivity contribution is 5.92. The molecule has 0 amide bonds.